The second-order valence-corrected chi connectivity index (χ2v) is 5.74. The molecule has 0 bridgehead atoms. The summed E-state index contributed by atoms with van der Waals surface area (Å²) in [5.41, 5.74) is 0.0642. The lowest BCUT2D eigenvalue weighted by Crippen LogP contribution is -2.49. The summed E-state index contributed by atoms with van der Waals surface area (Å²) in [6.45, 7) is 4.69. The number of carboxylic acids is 1. The van der Waals surface area contributed by atoms with Gasteiger partial charge in [0.15, 0.2) is 0 Å². The largest absolute Gasteiger partial charge is 0.480 e. The summed E-state index contributed by atoms with van der Waals surface area (Å²) in [6, 6.07) is -1.52. The number of hydrogen-bond acceptors (Lipinski definition) is 3. The SMILES string of the molecule is C#CCC(NC(=O)NCC1(C)CCN(C)CC1)C(=O)O. The summed E-state index contributed by atoms with van der Waals surface area (Å²) in [5.74, 6) is 1.12. The van der Waals surface area contributed by atoms with Crippen molar-refractivity contribution in [3.8, 4) is 12.3 Å². The second-order valence-electron chi connectivity index (χ2n) is 5.74. The number of amides is 2. The molecule has 1 rings (SSSR count). The van der Waals surface area contributed by atoms with Crippen LogP contribution in [-0.4, -0.2) is 54.7 Å². The number of nitrogens with zero attached hydrogens (tertiary/aromatic N) is 1. The van der Waals surface area contributed by atoms with Gasteiger partial charge in [-0.25, -0.2) is 9.59 Å². The van der Waals surface area contributed by atoms with Crippen molar-refractivity contribution in [2.45, 2.75) is 32.2 Å². The Hall–Kier alpha value is -1.74. The maximum Gasteiger partial charge on any atom is 0.327 e. The molecule has 1 fully saturated rings. The van der Waals surface area contributed by atoms with E-state index in [4.69, 9.17) is 11.5 Å². The van der Waals surface area contributed by atoms with Crippen LogP contribution in [0.2, 0.25) is 0 Å². The fourth-order valence-electron chi connectivity index (χ4n) is 2.16. The van der Waals surface area contributed by atoms with Crippen LogP contribution in [0.5, 0.6) is 0 Å². The van der Waals surface area contributed by atoms with Crippen molar-refractivity contribution in [3.63, 3.8) is 0 Å². The van der Waals surface area contributed by atoms with Gasteiger partial charge in [-0.3, -0.25) is 0 Å². The molecule has 1 aliphatic rings. The third kappa shape index (κ3) is 5.10. The molecular weight excluding hydrogens is 258 g/mol. The fraction of sp³-hybridized carbons (Fsp3) is 0.714. The first-order chi connectivity index (χ1) is 9.36. The number of carbonyl (C=O) groups excluding carboxylic acids is 1. The fourth-order valence-corrected chi connectivity index (χ4v) is 2.16. The highest BCUT2D eigenvalue weighted by molar-refractivity contribution is 5.82. The molecule has 0 spiro atoms. The Bertz CT molecular complexity index is 395. The average Bonchev–Trinajstić information content (AvgIpc) is 2.40. The lowest BCUT2D eigenvalue weighted by atomic mass is 9.80. The standard InChI is InChI=1S/C14H23N3O3/c1-4-5-11(12(18)19)16-13(20)15-10-14(2)6-8-17(3)9-7-14/h1,11H,5-10H2,2-3H3,(H,18,19)(H2,15,16,20). The molecule has 1 atom stereocenters. The summed E-state index contributed by atoms with van der Waals surface area (Å²) in [5, 5.41) is 14.0. The molecule has 0 aromatic rings. The molecule has 2 amide bonds. The van der Waals surface area contributed by atoms with Crippen LogP contribution in [0.3, 0.4) is 0 Å². The molecule has 112 valence electrons. The van der Waals surface area contributed by atoms with Crippen molar-refractivity contribution >= 4 is 12.0 Å². The Morgan fingerprint density at radius 2 is 2.05 bits per heavy atom. The molecule has 1 heterocycles. The van der Waals surface area contributed by atoms with Gasteiger partial charge in [0, 0.05) is 13.0 Å². The Morgan fingerprint density at radius 3 is 2.55 bits per heavy atom. The molecule has 0 radical (unpaired) electrons. The summed E-state index contributed by atoms with van der Waals surface area (Å²) < 4.78 is 0. The Morgan fingerprint density at radius 1 is 1.45 bits per heavy atom. The molecule has 0 aliphatic carbocycles. The summed E-state index contributed by atoms with van der Waals surface area (Å²) >= 11 is 0. The molecule has 20 heavy (non-hydrogen) atoms. The number of hydrogen-bond donors (Lipinski definition) is 3. The quantitative estimate of drug-likeness (QED) is 0.641. The van der Waals surface area contributed by atoms with Crippen molar-refractivity contribution < 1.29 is 14.7 Å². The van der Waals surface area contributed by atoms with Crippen molar-refractivity contribution in [2.24, 2.45) is 5.41 Å². The first-order valence-corrected chi connectivity index (χ1v) is 6.75. The van der Waals surface area contributed by atoms with E-state index in [1.165, 1.54) is 0 Å². The molecule has 0 aromatic heterocycles. The molecule has 1 aliphatic heterocycles. The molecular formula is C14H23N3O3. The molecule has 1 saturated heterocycles. The zero-order chi connectivity index (χ0) is 15.2. The Kier molecular flexibility index (Phi) is 5.83. The van der Waals surface area contributed by atoms with E-state index in [0.717, 1.165) is 25.9 Å². The summed E-state index contributed by atoms with van der Waals surface area (Å²) in [4.78, 5) is 24.9. The van der Waals surface area contributed by atoms with E-state index in [2.05, 4.69) is 35.4 Å². The number of carboxylic acid groups (broad SMARTS) is 1. The van der Waals surface area contributed by atoms with Crippen LogP contribution in [0.25, 0.3) is 0 Å². The maximum atomic E-state index is 11.7. The number of urea groups is 1. The van der Waals surface area contributed by atoms with Crippen molar-refractivity contribution in [1.29, 1.82) is 0 Å². The van der Waals surface area contributed by atoms with Gasteiger partial charge in [-0.05, 0) is 38.4 Å². The lowest BCUT2D eigenvalue weighted by Gasteiger charge is -2.38. The first-order valence-electron chi connectivity index (χ1n) is 6.75. The summed E-state index contributed by atoms with van der Waals surface area (Å²) in [6.07, 6.45) is 7.08. The van der Waals surface area contributed by atoms with E-state index in [9.17, 15) is 9.59 Å². The van der Waals surface area contributed by atoms with Gasteiger partial charge < -0.3 is 20.6 Å². The number of aliphatic carboxylic acids is 1. The minimum Gasteiger partial charge on any atom is -0.480 e. The highest BCUT2D eigenvalue weighted by Gasteiger charge is 2.29. The normalized spacial score (nSPS) is 19.6. The predicted octanol–water partition coefficient (Wildman–Crippen LogP) is 0.494. The Balaban J connectivity index is 2.39. The monoisotopic (exact) mass is 281 g/mol. The minimum absolute atomic E-state index is 0.0230. The third-order valence-corrected chi connectivity index (χ3v) is 3.80. The van der Waals surface area contributed by atoms with Crippen LogP contribution in [0.15, 0.2) is 0 Å². The average molecular weight is 281 g/mol. The Labute approximate surface area is 119 Å². The molecule has 0 saturated carbocycles. The van der Waals surface area contributed by atoms with Gasteiger partial charge in [0.05, 0.1) is 0 Å². The van der Waals surface area contributed by atoms with E-state index >= 15 is 0 Å². The molecule has 6 nitrogen and oxygen atoms in total. The molecule has 0 aromatic carbocycles. The van der Waals surface area contributed by atoms with Crippen molar-refractivity contribution in [2.75, 3.05) is 26.7 Å². The van der Waals surface area contributed by atoms with E-state index in [0.29, 0.717) is 6.54 Å². The van der Waals surface area contributed by atoms with Crippen LogP contribution in [-0.2, 0) is 4.79 Å². The van der Waals surface area contributed by atoms with Crippen LogP contribution in [0, 0.1) is 17.8 Å². The van der Waals surface area contributed by atoms with Crippen LogP contribution in [0.4, 0.5) is 4.79 Å². The van der Waals surface area contributed by atoms with E-state index in [1.807, 2.05) is 0 Å². The summed E-state index contributed by atoms with van der Waals surface area (Å²) in [7, 11) is 2.08. The number of carbonyl (C=O) groups is 2. The van der Waals surface area contributed by atoms with E-state index in [-0.39, 0.29) is 11.8 Å². The lowest BCUT2D eigenvalue weighted by molar-refractivity contribution is -0.139. The van der Waals surface area contributed by atoms with Crippen molar-refractivity contribution in [1.82, 2.24) is 15.5 Å². The van der Waals surface area contributed by atoms with Gasteiger partial charge in [0.2, 0.25) is 0 Å². The van der Waals surface area contributed by atoms with Gasteiger partial charge in [0.1, 0.15) is 6.04 Å². The minimum atomic E-state index is -1.12. The zero-order valence-corrected chi connectivity index (χ0v) is 12.1. The number of likely N-dealkylation sites (tertiary alicyclic amines) is 1. The van der Waals surface area contributed by atoms with Gasteiger partial charge in [0.25, 0.3) is 0 Å². The molecule has 1 unspecified atom stereocenters. The number of rotatable bonds is 5. The number of terminal acetylenes is 1. The molecule has 3 N–H and O–H groups in total. The zero-order valence-electron chi connectivity index (χ0n) is 12.1. The van der Waals surface area contributed by atoms with Gasteiger partial charge in [-0.2, -0.15) is 0 Å². The van der Waals surface area contributed by atoms with Crippen LogP contribution in [0.1, 0.15) is 26.2 Å². The molecule has 6 heteroatoms. The highest BCUT2D eigenvalue weighted by atomic mass is 16.4. The maximum absolute atomic E-state index is 11.7. The van der Waals surface area contributed by atoms with Crippen LogP contribution >= 0.6 is 0 Å². The first kappa shape index (κ1) is 16.3. The second kappa shape index (κ2) is 7.15. The number of piperidine rings is 1. The van der Waals surface area contributed by atoms with E-state index in [1.54, 1.807) is 0 Å². The van der Waals surface area contributed by atoms with Gasteiger partial charge in [-0.15, -0.1) is 12.3 Å². The van der Waals surface area contributed by atoms with Gasteiger partial charge >= 0.3 is 12.0 Å². The van der Waals surface area contributed by atoms with Crippen molar-refractivity contribution in [3.05, 3.63) is 0 Å². The number of nitrogens with one attached hydrogen (secondary N) is 2. The van der Waals surface area contributed by atoms with Gasteiger partial charge in [-0.1, -0.05) is 6.92 Å². The smallest absolute Gasteiger partial charge is 0.327 e. The van der Waals surface area contributed by atoms with Crippen LogP contribution < -0.4 is 10.6 Å². The topological polar surface area (TPSA) is 81.7 Å². The predicted molar refractivity (Wildman–Crippen MR) is 76.2 cm³/mol. The van der Waals surface area contributed by atoms with E-state index < -0.39 is 18.0 Å². The highest BCUT2D eigenvalue weighted by Crippen LogP contribution is 2.29. The third-order valence-electron chi connectivity index (χ3n) is 3.80.